The monoisotopic (exact) mass is 353 g/mol. The summed E-state index contributed by atoms with van der Waals surface area (Å²) < 4.78 is 19.6. The number of nitrogens with one attached hydrogen (secondary N) is 1. The quantitative estimate of drug-likeness (QED) is 0.765. The molecule has 0 spiro atoms. The van der Waals surface area contributed by atoms with Gasteiger partial charge < -0.3 is 10.1 Å². The van der Waals surface area contributed by atoms with Crippen LogP contribution in [0.25, 0.3) is 11.3 Å². The Hall–Kier alpha value is -3.48. The third kappa shape index (κ3) is 4.32. The number of anilines is 1. The smallest absolute Gasteiger partial charge is 0.266 e. The van der Waals surface area contributed by atoms with Gasteiger partial charge in [-0.3, -0.25) is 9.59 Å². The lowest BCUT2D eigenvalue weighted by Gasteiger charge is -2.08. The van der Waals surface area contributed by atoms with Gasteiger partial charge in [-0.2, -0.15) is 5.10 Å². The highest BCUT2D eigenvalue weighted by atomic mass is 19.1. The summed E-state index contributed by atoms with van der Waals surface area (Å²) in [7, 11) is 1.58. The van der Waals surface area contributed by atoms with Crippen molar-refractivity contribution < 1.29 is 13.9 Å². The molecule has 3 rings (SSSR count). The number of hydrogen-bond donors (Lipinski definition) is 1. The van der Waals surface area contributed by atoms with Crippen molar-refractivity contribution in [1.29, 1.82) is 0 Å². The van der Waals surface area contributed by atoms with Crippen LogP contribution in [0.3, 0.4) is 0 Å². The van der Waals surface area contributed by atoms with Crippen LogP contribution in [0, 0.1) is 5.82 Å². The number of hydrogen-bond acceptors (Lipinski definition) is 4. The lowest BCUT2D eigenvalue weighted by atomic mass is 10.1. The zero-order valence-corrected chi connectivity index (χ0v) is 14.0. The molecule has 132 valence electrons. The van der Waals surface area contributed by atoms with Crippen molar-refractivity contribution in [3.05, 3.63) is 76.8 Å². The number of halogens is 1. The summed E-state index contributed by atoms with van der Waals surface area (Å²) in [4.78, 5) is 23.3. The Morgan fingerprint density at radius 2 is 1.92 bits per heavy atom. The van der Waals surface area contributed by atoms with Crippen LogP contribution in [0.4, 0.5) is 10.1 Å². The fourth-order valence-corrected chi connectivity index (χ4v) is 2.28. The van der Waals surface area contributed by atoms with Crippen LogP contribution >= 0.6 is 0 Å². The molecule has 0 saturated heterocycles. The molecular formula is C19H16FN3O3. The SMILES string of the molecule is Cn1nc(-c2ccc(NC(=O)COc3cccc(F)c3)cc2)ccc1=O. The molecule has 3 aromatic rings. The first-order valence-corrected chi connectivity index (χ1v) is 7.84. The molecule has 0 fully saturated rings. The van der Waals surface area contributed by atoms with Crippen molar-refractivity contribution in [3.8, 4) is 17.0 Å². The average Bonchev–Trinajstić information content (AvgIpc) is 2.63. The minimum absolute atomic E-state index is 0.184. The molecule has 0 bridgehead atoms. The van der Waals surface area contributed by atoms with Crippen LogP contribution in [-0.2, 0) is 11.8 Å². The van der Waals surface area contributed by atoms with Gasteiger partial charge >= 0.3 is 0 Å². The van der Waals surface area contributed by atoms with Crippen LogP contribution in [0.1, 0.15) is 0 Å². The summed E-state index contributed by atoms with van der Waals surface area (Å²) in [5.74, 6) is -0.496. The molecule has 0 radical (unpaired) electrons. The van der Waals surface area contributed by atoms with Gasteiger partial charge in [-0.15, -0.1) is 0 Å². The molecule has 0 aliphatic rings. The van der Waals surface area contributed by atoms with Gasteiger partial charge in [-0.1, -0.05) is 18.2 Å². The van der Waals surface area contributed by atoms with Gasteiger partial charge in [0.2, 0.25) is 0 Å². The average molecular weight is 353 g/mol. The molecule has 6 nitrogen and oxygen atoms in total. The third-order valence-corrected chi connectivity index (χ3v) is 3.59. The second-order valence-electron chi connectivity index (χ2n) is 5.55. The Kier molecular flexibility index (Phi) is 5.07. The van der Waals surface area contributed by atoms with Gasteiger partial charge in [-0.25, -0.2) is 9.07 Å². The standard InChI is InChI=1S/C19H16FN3O3/c1-23-19(25)10-9-17(22-23)13-5-7-15(8-6-13)21-18(24)12-26-16-4-2-3-14(20)11-16/h2-11H,12H2,1H3,(H,21,24). The van der Waals surface area contributed by atoms with E-state index in [1.165, 1.54) is 28.9 Å². The normalized spacial score (nSPS) is 10.4. The molecule has 0 unspecified atom stereocenters. The highest BCUT2D eigenvalue weighted by Gasteiger charge is 2.06. The van der Waals surface area contributed by atoms with E-state index in [-0.39, 0.29) is 23.8 Å². The number of ether oxygens (including phenoxy) is 1. The van der Waals surface area contributed by atoms with E-state index in [0.717, 1.165) is 5.56 Å². The fraction of sp³-hybridized carbons (Fsp3) is 0.105. The molecule has 7 heteroatoms. The number of carbonyl (C=O) groups is 1. The van der Waals surface area contributed by atoms with Crippen LogP contribution in [0.2, 0.25) is 0 Å². The Balaban J connectivity index is 1.60. The van der Waals surface area contributed by atoms with Crippen LogP contribution in [-0.4, -0.2) is 22.3 Å². The second-order valence-corrected chi connectivity index (χ2v) is 5.55. The summed E-state index contributed by atoms with van der Waals surface area (Å²) in [5, 5.41) is 6.86. The van der Waals surface area contributed by atoms with E-state index < -0.39 is 5.82 Å². The van der Waals surface area contributed by atoms with E-state index in [9.17, 15) is 14.0 Å². The van der Waals surface area contributed by atoms with Gasteiger partial charge in [-0.05, 0) is 30.3 Å². The number of rotatable bonds is 5. The summed E-state index contributed by atoms with van der Waals surface area (Å²) in [5.41, 5.74) is 1.87. The number of amides is 1. The Morgan fingerprint density at radius 1 is 1.15 bits per heavy atom. The van der Waals surface area contributed by atoms with E-state index in [0.29, 0.717) is 11.4 Å². The molecule has 1 amide bonds. The maximum atomic E-state index is 13.1. The van der Waals surface area contributed by atoms with Crippen LogP contribution in [0.5, 0.6) is 5.75 Å². The van der Waals surface area contributed by atoms with Gasteiger partial charge in [0, 0.05) is 30.4 Å². The maximum absolute atomic E-state index is 13.1. The molecule has 0 aliphatic heterocycles. The van der Waals surface area contributed by atoms with Crippen molar-refractivity contribution >= 4 is 11.6 Å². The predicted molar refractivity (Wildman–Crippen MR) is 95.4 cm³/mol. The molecule has 2 aromatic carbocycles. The van der Waals surface area contributed by atoms with E-state index in [1.807, 2.05) is 0 Å². The molecular weight excluding hydrogens is 337 g/mol. The van der Waals surface area contributed by atoms with E-state index in [1.54, 1.807) is 43.4 Å². The number of carbonyl (C=O) groups excluding carboxylic acids is 1. The molecule has 1 aromatic heterocycles. The van der Waals surface area contributed by atoms with Gasteiger partial charge in [0.15, 0.2) is 6.61 Å². The Bertz CT molecular complexity index is 984. The maximum Gasteiger partial charge on any atom is 0.266 e. The van der Waals surface area contributed by atoms with E-state index in [2.05, 4.69) is 10.4 Å². The number of nitrogens with zero attached hydrogens (tertiary/aromatic N) is 2. The second kappa shape index (κ2) is 7.60. The van der Waals surface area contributed by atoms with Crippen molar-refractivity contribution in [3.63, 3.8) is 0 Å². The summed E-state index contributed by atoms with van der Waals surface area (Å²) >= 11 is 0. The summed E-state index contributed by atoms with van der Waals surface area (Å²) in [6.07, 6.45) is 0. The summed E-state index contributed by atoms with van der Waals surface area (Å²) in [6, 6.07) is 15.7. The van der Waals surface area contributed by atoms with Gasteiger partial charge in [0.25, 0.3) is 11.5 Å². The third-order valence-electron chi connectivity index (χ3n) is 3.59. The minimum Gasteiger partial charge on any atom is -0.484 e. The van der Waals surface area contributed by atoms with Gasteiger partial charge in [0.05, 0.1) is 5.69 Å². The van der Waals surface area contributed by atoms with Crippen molar-refractivity contribution in [2.24, 2.45) is 7.05 Å². The molecule has 0 saturated carbocycles. The Morgan fingerprint density at radius 3 is 2.62 bits per heavy atom. The lowest BCUT2D eigenvalue weighted by Crippen LogP contribution is -2.20. The van der Waals surface area contributed by atoms with Crippen LogP contribution in [0.15, 0.2) is 65.5 Å². The van der Waals surface area contributed by atoms with E-state index in [4.69, 9.17) is 4.74 Å². The first-order chi connectivity index (χ1) is 12.5. The fourth-order valence-electron chi connectivity index (χ4n) is 2.28. The first-order valence-electron chi connectivity index (χ1n) is 7.84. The molecule has 1 N–H and O–H groups in total. The van der Waals surface area contributed by atoms with E-state index >= 15 is 0 Å². The van der Waals surface area contributed by atoms with Gasteiger partial charge in [0.1, 0.15) is 11.6 Å². The van der Waals surface area contributed by atoms with Crippen molar-refractivity contribution in [1.82, 2.24) is 9.78 Å². The van der Waals surface area contributed by atoms with Crippen LogP contribution < -0.4 is 15.6 Å². The first kappa shape index (κ1) is 17.3. The molecule has 1 heterocycles. The molecule has 26 heavy (non-hydrogen) atoms. The molecule has 0 atom stereocenters. The zero-order valence-electron chi connectivity index (χ0n) is 14.0. The van der Waals surface area contributed by atoms with Crippen molar-refractivity contribution in [2.45, 2.75) is 0 Å². The topological polar surface area (TPSA) is 73.2 Å². The van der Waals surface area contributed by atoms with Crippen molar-refractivity contribution in [2.75, 3.05) is 11.9 Å². The lowest BCUT2D eigenvalue weighted by molar-refractivity contribution is -0.118. The molecule has 0 aliphatic carbocycles. The number of benzene rings is 2. The number of aromatic nitrogens is 2. The summed E-state index contributed by atoms with van der Waals surface area (Å²) in [6.45, 7) is -0.229. The highest BCUT2D eigenvalue weighted by Crippen LogP contribution is 2.18. The predicted octanol–water partition coefficient (Wildman–Crippen LogP) is 2.60. The number of aryl methyl sites for hydroxylation is 1. The largest absolute Gasteiger partial charge is 0.484 e. The zero-order chi connectivity index (χ0) is 18.5. The minimum atomic E-state index is -0.425. The Labute approximate surface area is 148 Å². The highest BCUT2D eigenvalue weighted by molar-refractivity contribution is 5.92.